The fraction of sp³-hybridized carbons (Fsp3) is 0.812. The summed E-state index contributed by atoms with van der Waals surface area (Å²) in [5.41, 5.74) is 0.653. The van der Waals surface area contributed by atoms with Gasteiger partial charge in [0.1, 0.15) is 17.7 Å². The highest BCUT2D eigenvalue weighted by molar-refractivity contribution is 5.80. The molecule has 3 N–H and O–H groups in total. The molecule has 0 radical (unpaired) electrons. The molecule has 25 heavy (non-hydrogen) atoms. The van der Waals surface area contributed by atoms with Crippen molar-refractivity contribution in [2.75, 3.05) is 6.54 Å². The number of likely N-dealkylation sites (tertiary alicyclic amines) is 1. The van der Waals surface area contributed by atoms with E-state index < -0.39 is 35.7 Å². The van der Waals surface area contributed by atoms with Crippen LogP contribution in [-0.2, 0) is 14.3 Å². The normalized spacial score (nSPS) is 18.4. The van der Waals surface area contributed by atoms with Gasteiger partial charge in [-0.1, -0.05) is 13.8 Å². The second-order valence-corrected chi connectivity index (χ2v) is 7.30. The van der Waals surface area contributed by atoms with Crippen LogP contribution in [0.15, 0.2) is 0 Å². The van der Waals surface area contributed by atoms with E-state index in [2.05, 4.69) is 0 Å². The number of rotatable bonds is 5. The van der Waals surface area contributed by atoms with Gasteiger partial charge >= 0.3 is 18.0 Å². The Morgan fingerprint density at radius 3 is 2.16 bits per heavy atom. The van der Waals surface area contributed by atoms with Crippen molar-refractivity contribution >= 4 is 18.0 Å². The van der Waals surface area contributed by atoms with Crippen LogP contribution in [0.2, 0.25) is 0 Å². The van der Waals surface area contributed by atoms with E-state index in [1.54, 1.807) is 20.8 Å². The number of hydrogen-bond donors (Lipinski definition) is 3. The molecule has 2 atom stereocenters. The SMILES string of the molecule is CC(C)(C)OC(=O)N1CCC[C@@H]1C(=O)O.CC(C)C[C@H](NF)C(=O)O. The van der Waals surface area contributed by atoms with Crippen LogP contribution in [0.5, 0.6) is 0 Å². The number of nitrogens with one attached hydrogen (secondary N) is 1. The lowest BCUT2D eigenvalue weighted by Gasteiger charge is -2.26. The number of hydrogen-bond acceptors (Lipinski definition) is 5. The Morgan fingerprint density at radius 2 is 1.84 bits per heavy atom. The van der Waals surface area contributed by atoms with Gasteiger partial charge in [0, 0.05) is 6.54 Å². The minimum atomic E-state index is -1.14. The Hall–Kier alpha value is -1.90. The van der Waals surface area contributed by atoms with Gasteiger partial charge < -0.3 is 14.9 Å². The highest BCUT2D eigenvalue weighted by atomic mass is 19.2. The maximum Gasteiger partial charge on any atom is 0.411 e. The Labute approximate surface area is 147 Å². The van der Waals surface area contributed by atoms with Gasteiger partial charge in [0.05, 0.1) is 0 Å². The van der Waals surface area contributed by atoms with Crippen LogP contribution in [0.1, 0.15) is 53.9 Å². The molecule has 0 aliphatic carbocycles. The van der Waals surface area contributed by atoms with Crippen molar-refractivity contribution in [2.24, 2.45) is 5.92 Å². The first kappa shape index (κ1) is 23.1. The molecule has 0 aromatic heterocycles. The molecule has 146 valence electrons. The molecular weight excluding hydrogens is 335 g/mol. The molecule has 1 aliphatic heterocycles. The number of aliphatic carboxylic acids is 2. The predicted molar refractivity (Wildman–Crippen MR) is 88.7 cm³/mol. The summed E-state index contributed by atoms with van der Waals surface area (Å²) in [6.45, 7) is 9.43. The number of carboxylic acid groups (broad SMARTS) is 2. The molecule has 0 aromatic rings. The zero-order chi connectivity index (χ0) is 19.8. The molecule has 0 saturated carbocycles. The van der Waals surface area contributed by atoms with Crippen LogP contribution >= 0.6 is 0 Å². The molecule has 0 aromatic carbocycles. The van der Waals surface area contributed by atoms with Crippen molar-refractivity contribution in [3.8, 4) is 0 Å². The molecule has 1 saturated heterocycles. The minimum Gasteiger partial charge on any atom is -0.480 e. The van der Waals surface area contributed by atoms with Gasteiger partial charge in [0.15, 0.2) is 0 Å². The van der Waals surface area contributed by atoms with Crippen molar-refractivity contribution in [1.29, 1.82) is 0 Å². The molecule has 1 heterocycles. The third-order valence-corrected chi connectivity index (χ3v) is 3.30. The summed E-state index contributed by atoms with van der Waals surface area (Å²) in [4.78, 5) is 33.9. The lowest BCUT2D eigenvalue weighted by atomic mass is 10.1. The Morgan fingerprint density at radius 1 is 1.28 bits per heavy atom. The smallest absolute Gasteiger partial charge is 0.411 e. The maximum atomic E-state index is 11.6. The topological polar surface area (TPSA) is 116 Å². The number of carboxylic acids is 2. The molecular formula is C16H29FN2O6. The first-order chi connectivity index (χ1) is 11.4. The molecule has 0 bridgehead atoms. The average Bonchev–Trinajstić information content (AvgIpc) is 2.92. The molecule has 1 fully saturated rings. The van der Waals surface area contributed by atoms with Gasteiger partial charge in [-0.15, -0.1) is 10.0 Å². The minimum absolute atomic E-state index is 0.185. The summed E-state index contributed by atoms with van der Waals surface area (Å²) in [6, 6.07) is -1.78. The highest BCUT2D eigenvalue weighted by Crippen LogP contribution is 2.20. The van der Waals surface area contributed by atoms with Crippen molar-refractivity contribution < 1.29 is 33.8 Å². The summed E-state index contributed by atoms with van der Waals surface area (Å²) in [5.74, 6) is -1.92. The molecule has 8 nitrogen and oxygen atoms in total. The van der Waals surface area contributed by atoms with Crippen LogP contribution in [0, 0.1) is 5.92 Å². The summed E-state index contributed by atoms with van der Waals surface area (Å²) >= 11 is 0. The van der Waals surface area contributed by atoms with Crippen LogP contribution in [0.4, 0.5) is 9.28 Å². The third kappa shape index (κ3) is 9.23. The van der Waals surface area contributed by atoms with Gasteiger partial charge in [-0.2, -0.15) is 0 Å². The van der Waals surface area contributed by atoms with Crippen LogP contribution in [0.3, 0.4) is 0 Å². The summed E-state index contributed by atoms with van der Waals surface area (Å²) in [7, 11) is 0. The van der Waals surface area contributed by atoms with Gasteiger partial charge in [-0.3, -0.25) is 9.69 Å². The van der Waals surface area contributed by atoms with Gasteiger partial charge in [-0.05, 0) is 46.0 Å². The predicted octanol–water partition coefficient (Wildman–Crippen LogP) is 2.43. The third-order valence-electron chi connectivity index (χ3n) is 3.30. The Bertz CT molecular complexity index is 464. The number of carbonyl (C=O) groups is 3. The van der Waals surface area contributed by atoms with Crippen LogP contribution in [-0.4, -0.2) is 57.4 Å². The lowest BCUT2D eigenvalue weighted by molar-refractivity contribution is -0.142. The molecule has 1 aliphatic rings. The fourth-order valence-electron chi connectivity index (χ4n) is 2.23. The van der Waals surface area contributed by atoms with Crippen LogP contribution in [0.25, 0.3) is 0 Å². The van der Waals surface area contributed by atoms with E-state index in [9.17, 15) is 18.9 Å². The molecule has 1 rings (SSSR count). The van der Waals surface area contributed by atoms with E-state index in [4.69, 9.17) is 14.9 Å². The van der Waals surface area contributed by atoms with E-state index in [1.165, 1.54) is 10.4 Å². The largest absolute Gasteiger partial charge is 0.480 e. The average molecular weight is 364 g/mol. The standard InChI is InChI=1S/C10H17NO4.C6H12FNO2/c1-10(2,3)15-9(14)11-6-4-5-7(11)8(12)13;1-4(2)3-5(8-7)6(9)10/h7H,4-6H2,1-3H3,(H,12,13);4-5,8H,3H2,1-2H3,(H,9,10)/t7-;5-/m10/s1. The van der Waals surface area contributed by atoms with Crippen molar-refractivity contribution in [3.63, 3.8) is 0 Å². The first-order valence-corrected chi connectivity index (χ1v) is 8.20. The molecule has 0 spiro atoms. The summed E-state index contributed by atoms with van der Waals surface area (Å²) in [5, 5.41) is 17.2. The zero-order valence-corrected chi connectivity index (χ0v) is 15.4. The monoisotopic (exact) mass is 364 g/mol. The first-order valence-electron chi connectivity index (χ1n) is 8.20. The lowest BCUT2D eigenvalue weighted by Crippen LogP contribution is -2.43. The van der Waals surface area contributed by atoms with E-state index in [-0.39, 0.29) is 5.92 Å². The van der Waals surface area contributed by atoms with E-state index in [0.29, 0.717) is 19.4 Å². The molecule has 1 amide bonds. The number of carbonyl (C=O) groups excluding carboxylic acids is 1. The fourth-order valence-corrected chi connectivity index (χ4v) is 2.23. The summed E-state index contributed by atoms with van der Waals surface area (Å²) < 4.78 is 16.8. The number of nitrogens with zero attached hydrogens (tertiary/aromatic N) is 1. The van der Waals surface area contributed by atoms with Crippen molar-refractivity contribution in [3.05, 3.63) is 0 Å². The highest BCUT2D eigenvalue weighted by Gasteiger charge is 2.36. The second kappa shape index (κ2) is 10.2. The Balaban J connectivity index is 0.000000504. The number of ether oxygens (including phenoxy) is 1. The second-order valence-electron chi connectivity index (χ2n) is 7.30. The van der Waals surface area contributed by atoms with Crippen LogP contribution < -0.4 is 5.54 Å². The van der Waals surface area contributed by atoms with E-state index >= 15 is 0 Å². The Kier molecular flexibility index (Phi) is 9.40. The summed E-state index contributed by atoms with van der Waals surface area (Å²) in [6.07, 6.45) is 1.00. The van der Waals surface area contributed by atoms with E-state index in [0.717, 1.165) is 6.42 Å². The molecule has 9 heteroatoms. The van der Waals surface area contributed by atoms with Gasteiger partial charge in [0.2, 0.25) is 0 Å². The van der Waals surface area contributed by atoms with Crippen molar-refractivity contribution in [1.82, 2.24) is 10.4 Å². The van der Waals surface area contributed by atoms with E-state index in [1.807, 2.05) is 13.8 Å². The number of amides is 1. The molecule has 0 unspecified atom stereocenters. The van der Waals surface area contributed by atoms with Gasteiger partial charge in [-0.25, -0.2) is 9.59 Å². The van der Waals surface area contributed by atoms with Gasteiger partial charge in [0.25, 0.3) is 0 Å². The van der Waals surface area contributed by atoms with Crippen molar-refractivity contribution in [2.45, 2.75) is 71.6 Å². The quantitative estimate of drug-likeness (QED) is 0.642. The zero-order valence-electron chi connectivity index (χ0n) is 15.4. The number of halogens is 1. The maximum absolute atomic E-state index is 11.6.